The highest BCUT2D eigenvalue weighted by molar-refractivity contribution is 7.92. The Bertz CT molecular complexity index is 883. The fraction of sp³-hybridized carbons (Fsp3) is 0.0625. The van der Waals surface area contributed by atoms with E-state index in [-0.39, 0.29) is 32.7 Å². The van der Waals surface area contributed by atoms with Crippen molar-refractivity contribution in [2.24, 2.45) is 0 Å². The number of anilines is 1. The van der Waals surface area contributed by atoms with Crippen LogP contribution in [-0.4, -0.2) is 20.9 Å². The third-order valence-electron chi connectivity index (χ3n) is 3.01. The summed E-state index contributed by atoms with van der Waals surface area (Å²) < 4.78 is 27.5. The molecule has 5 nitrogen and oxygen atoms in total. The lowest BCUT2D eigenvalue weighted by atomic mass is 10.1. The van der Waals surface area contributed by atoms with E-state index in [1.54, 1.807) is 12.1 Å². The summed E-state index contributed by atoms with van der Waals surface area (Å²) in [6.45, 7) is 3.78. The summed E-state index contributed by atoms with van der Waals surface area (Å²) in [5, 5.41) is 2.86. The van der Waals surface area contributed by atoms with Crippen LogP contribution >= 0.6 is 23.2 Å². The van der Waals surface area contributed by atoms with Crippen molar-refractivity contribution in [1.29, 1.82) is 0 Å². The smallest absolute Gasteiger partial charge is 0.263 e. The Labute approximate surface area is 150 Å². The average molecular weight is 385 g/mol. The summed E-state index contributed by atoms with van der Waals surface area (Å²) >= 11 is 11.8. The number of hydrogen-bond donors (Lipinski definition) is 2. The van der Waals surface area contributed by atoms with Gasteiger partial charge in [0.05, 0.1) is 16.3 Å². The molecule has 2 rings (SSSR count). The molecule has 2 aromatic rings. The molecule has 0 saturated heterocycles. The van der Waals surface area contributed by atoms with Crippen LogP contribution in [0, 0.1) is 0 Å². The molecule has 0 radical (unpaired) electrons. The fourth-order valence-corrected chi connectivity index (χ4v) is 3.76. The van der Waals surface area contributed by atoms with Crippen LogP contribution in [0.25, 0.3) is 0 Å². The van der Waals surface area contributed by atoms with Crippen LogP contribution in [0.3, 0.4) is 0 Å². The van der Waals surface area contributed by atoms with Crippen LogP contribution in [0.4, 0.5) is 5.69 Å². The summed E-state index contributed by atoms with van der Waals surface area (Å²) in [5.41, 5.74) is 0.316. The molecule has 0 fully saturated rings. The van der Waals surface area contributed by atoms with Crippen molar-refractivity contribution in [3.8, 4) is 0 Å². The number of carbonyl (C=O) groups excluding carboxylic acids is 1. The molecule has 0 aromatic heterocycles. The first-order valence-electron chi connectivity index (χ1n) is 6.81. The van der Waals surface area contributed by atoms with E-state index in [1.807, 2.05) is 0 Å². The quantitative estimate of drug-likeness (QED) is 0.745. The van der Waals surface area contributed by atoms with Crippen molar-refractivity contribution in [2.45, 2.75) is 4.90 Å². The first-order valence-corrected chi connectivity index (χ1v) is 9.05. The third-order valence-corrected chi connectivity index (χ3v) is 5.09. The standard InChI is InChI=1S/C16H14Cl2N2O3S/c1-2-9-19-16(21)12-5-3-4-6-14(12)20-24(22,23)15-10-11(17)7-8-13(15)18/h2-8,10,20H,1,9H2,(H,19,21). The predicted molar refractivity (Wildman–Crippen MR) is 96.2 cm³/mol. The minimum absolute atomic E-state index is 0.0282. The van der Waals surface area contributed by atoms with Gasteiger partial charge in [0.25, 0.3) is 15.9 Å². The molecule has 1 amide bonds. The number of para-hydroxylation sites is 1. The minimum atomic E-state index is -4.01. The van der Waals surface area contributed by atoms with E-state index >= 15 is 0 Å². The summed E-state index contributed by atoms with van der Waals surface area (Å²) in [6, 6.07) is 10.4. The number of carbonyl (C=O) groups is 1. The Morgan fingerprint density at radius 2 is 1.88 bits per heavy atom. The molecule has 0 aliphatic heterocycles. The molecule has 0 heterocycles. The molecule has 126 valence electrons. The molecular weight excluding hydrogens is 371 g/mol. The molecule has 0 bridgehead atoms. The van der Waals surface area contributed by atoms with Gasteiger partial charge in [-0.1, -0.05) is 41.4 Å². The van der Waals surface area contributed by atoms with Crippen molar-refractivity contribution in [3.05, 3.63) is 70.7 Å². The maximum Gasteiger partial charge on any atom is 0.263 e. The van der Waals surface area contributed by atoms with Crippen molar-refractivity contribution in [1.82, 2.24) is 5.32 Å². The van der Waals surface area contributed by atoms with E-state index in [9.17, 15) is 13.2 Å². The minimum Gasteiger partial charge on any atom is -0.349 e. The van der Waals surface area contributed by atoms with Gasteiger partial charge in [-0.15, -0.1) is 6.58 Å². The summed E-state index contributed by atoms with van der Waals surface area (Å²) in [4.78, 5) is 12.0. The lowest BCUT2D eigenvalue weighted by Gasteiger charge is -2.13. The number of hydrogen-bond acceptors (Lipinski definition) is 3. The molecular formula is C16H14Cl2N2O3S. The first kappa shape index (κ1) is 18.3. The van der Waals surface area contributed by atoms with Crippen LogP contribution < -0.4 is 10.0 Å². The third kappa shape index (κ3) is 4.29. The Balaban J connectivity index is 2.38. The summed E-state index contributed by atoms with van der Waals surface area (Å²) in [5.74, 6) is -0.426. The van der Waals surface area contributed by atoms with Crippen molar-refractivity contribution in [2.75, 3.05) is 11.3 Å². The molecule has 0 spiro atoms. The molecule has 8 heteroatoms. The van der Waals surface area contributed by atoms with E-state index in [2.05, 4.69) is 16.6 Å². The number of nitrogens with one attached hydrogen (secondary N) is 2. The Morgan fingerprint density at radius 3 is 2.58 bits per heavy atom. The molecule has 0 saturated carbocycles. The zero-order valence-corrected chi connectivity index (χ0v) is 14.8. The van der Waals surface area contributed by atoms with E-state index in [0.29, 0.717) is 0 Å². The van der Waals surface area contributed by atoms with Gasteiger partial charge in [0.2, 0.25) is 0 Å². The number of halogens is 2. The van der Waals surface area contributed by atoms with E-state index in [1.165, 1.54) is 36.4 Å². The Kier molecular flexibility index (Phi) is 5.88. The van der Waals surface area contributed by atoms with E-state index < -0.39 is 15.9 Å². The summed E-state index contributed by atoms with van der Waals surface area (Å²) in [7, 11) is -4.01. The van der Waals surface area contributed by atoms with Gasteiger partial charge in [-0.3, -0.25) is 9.52 Å². The second kappa shape index (κ2) is 7.70. The van der Waals surface area contributed by atoms with Crippen molar-refractivity contribution < 1.29 is 13.2 Å². The van der Waals surface area contributed by atoms with E-state index in [4.69, 9.17) is 23.2 Å². The van der Waals surface area contributed by atoms with Crippen molar-refractivity contribution >= 4 is 44.8 Å². The largest absolute Gasteiger partial charge is 0.349 e. The molecule has 0 unspecified atom stereocenters. The summed E-state index contributed by atoms with van der Waals surface area (Å²) in [6.07, 6.45) is 1.52. The van der Waals surface area contributed by atoms with Crippen molar-refractivity contribution in [3.63, 3.8) is 0 Å². The Morgan fingerprint density at radius 1 is 1.17 bits per heavy atom. The molecule has 2 aromatic carbocycles. The molecule has 0 aliphatic rings. The van der Waals surface area contributed by atoms with Crippen LogP contribution in [0.2, 0.25) is 10.0 Å². The predicted octanol–water partition coefficient (Wildman–Crippen LogP) is 3.71. The molecule has 0 aliphatic carbocycles. The van der Waals surface area contributed by atoms with Gasteiger partial charge >= 0.3 is 0 Å². The van der Waals surface area contributed by atoms with Gasteiger partial charge in [-0.05, 0) is 30.3 Å². The highest BCUT2D eigenvalue weighted by Gasteiger charge is 2.21. The SMILES string of the molecule is C=CCNC(=O)c1ccccc1NS(=O)(=O)c1cc(Cl)ccc1Cl. The van der Waals surface area contributed by atoms with E-state index in [0.717, 1.165) is 0 Å². The van der Waals surface area contributed by atoms with Crippen LogP contribution in [-0.2, 0) is 10.0 Å². The molecule has 24 heavy (non-hydrogen) atoms. The van der Waals surface area contributed by atoms with Gasteiger partial charge in [-0.25, -0.2) is 8.42 Å². The lowest BCUT2D eigenvalue weighted by Crippen LogP contribution is -2.25. The number of sulfonamides is 1. The zero-order chi connectivity index (χ0) is 17.7. The number of amides is 1. The maximum absolute atomic E-state index is 12.6. The number of benzene rings is 2. The van der Waals surface area contributed by atoms with Gasteiger partial charge in [0.15, 0.2) is 0 Å². The van der Waals surface area contributed by atoms with Crippen LogP contribution in [0.1, 0.15) is 10.4 Å². The second-order valence-electron chi connectivity index (χ2n) is 4.72. The lowest BCUT2D eigenvalue weighted by molar-refractivity contribution is 0.0959. The topological polar surface area (TPSA) is 75.3 Å². The first-order chi connectivity index (χ1) is 11.3. The van der Waals surface area contributed by atoms with Gasteiger partial charge in [-0.2, -0.15) is 0 Å². The second-order valence-corrected chi connectivity index (χ2v) is 7.22. The highest BCUT2D eigenvalue weighted by Crippen LogP contribution is 2.27. The monoisotopic (exact) mass is 384 g/mol. The zero-order valence-electron chi connectivity index (χ0n) is 12.4. The fourth-order valence-electron chi connectivity index (χ4n) is 1.91. The normalized spacial score (nSPS) is 10.9. The van der Waals surface area contributed by atoms with Crippen LogP contribution in [0.15, 0.2) is 60.0 Å². The molecule has 2 N–H and O–H groups in total. The van der Waals surface area contributed by atoms with Gasteiger partial charge in [0, 0.05) is 11.6 Å². The molecule has 0 atom stereocenters. The highest BCUT2D eigenvalue weighted by atomic mass is 35.5. The van der Waals surface area contributed by atoms with Gasteiger partial charge < -0.3 is 5.32 Å². The number of rotatable bonds is 6. The van der Waals surface area contributed by atoms with Crippen LogP contribution in [0.5, 0.6) is 0 Å². The van der Waals surface area contributed by atoms with Gasteiger partial charge in [0.1, 0.15) is 4.90 Å². The maximum atomic E-state index is 12.6. The average Bonchev–Trinajstić information content (AvgIpc) is 2.55. The Hall–Kier alpha value is -2.02.